The van der Waals surface area contributed by atoms with Crippen molar-refractivity contribution in [2.45, 2.75) is 15.7 Å². The SMILES string of the molecule is NS(=O)(=O)c1ccc(N=Nc2c(CSc3ccccn3)[nH]n(-c3ccccc3)c2=O)cc1. The largest absolute Gasteiger partial charge is 0.299 e. The fourth-order valence-electron chi connectivity index (χ4n) is 2.83. The molecule has 0 spiro atoms. The molecule has 2 heterocycles. The normalized spacial score (nSPS) is 11.8. The number of azo groups is 1. The third-order valence-electron chi connectivity index (χ3n) is 4.39. The molecule has 0 amide bonds. The first-order chi connectivity index (χ1) is 15.4. The molecule has 0 saturated heterocycles. The molecule has 0 fully saturated rings. The number of aromatic nitrogens is 3. The van der Waals surface area contributed by atoms with Crippen LogP contribution in [0.3, 0.4) is 0 Å². The van der Waals surface area contributed by atoms with Crippen LogP contribution in [0.15, 0.2) is 104 Å². The van der Waals surface area contributed by atoms with Crippen molar-refractivity contribution in [3.63, 3.8) is 0 Å². The number of thioether (sulfide) groups is 1. The van der Waals surface area contributed by atoms with Gasteiger partial charge in [-0.15, -0.1) is 5.11 Å². The molecule has 2 aromatic heterocycles. The minimum Gasteiger partial charge on any atom is -0.292 e. The standard InChI is InChI=1S/C21H18N6O3S2/c22-32(29,30)17-11-9-15(10-12-17)24-25-20-18(14-31-19-8-4-5-13-23-19)26-27(21(20)28)16-6-2-1-3-7-16/h1-13,26H,14H2,(H2,22,29,30). The van der Waals surface area contributed by atoms with E-state index < -0.39 is 10.0 Å². The number of H-pyrrole nitrogens is 1. The maximum atomic E-state index is 13.1. The number of pyridine rings is 1. The summed E-state index contributed by atoms with van der Waals surface area (Å²) in [6, 6.07) is 20.3. The summed E-state index contributed by atoms with van der Waals surface area (Å²) in [4.78, 5) is 17.3. The topological polar surface area (TPSA) is 136 Å². The van der Waals surface area contributed by atoms with E-state index in [4.69, 9.17) is 5.14 Å². The van der Waals surface area contributed by atoms with Crippen LogP contribution in [0.2, 0.25) is 0 Å². The molecule has 0 aliphatic carbocycles. The molecule has 2 aromatic carbocycles. The van der Waals surface area contributed by atoms with Gasteiger partial charge in [0, 0.05) is 11.9 Å². The molecule has 0 radical (unpaired) electrons. The van der Waals surface area contributed by atoms with E-state index in [1.807, 2.05) is 36.4 Å². The molecule has 4 rings (SSSR count). The van der Waals surface area contributed by atoms with Gasteiger partial charge in [-0.25, -0.2) is 23.2 Å². The second kappa shape index (κ2) is 9.30. The second-order valence-electron chi connectivity index (χ2n) is 6.61. The summed E-state index contributed by atoms with van der Waals surface area (Å²) in [6.45, 7) is 0. The van der Waals surface area contributed by atoms with Gasteiger partial charge >= 0.3 is 0 Å². The van der Waals surface area contributed by atoms with Gasteiger partial charge in [-0.3, -0.25) is 9.89 Å². The van der Waals surface area contributed by atoms with Crippen molar-refractivity contribution in [1.29, 1.82) is 0 Å². The average molecular weight is 467 g/mol. The van der Waals surface area contributed by atoms with Crippen LogP contribution >= 0.6 is 11.8 Å². The Balaban J connectivity index is 1.68. The summed E-state index contributed by atoms with van der Waals surface area (Å²) in [5.74, 6) is 0.421. The Kier molecular flexibility index (Phi) is 6.30. The van der Waals surface area contributed by atoms with Crippen LogP contribution in [-0.2, 0) is 15.8 Å². The first-order valence-corrected chi connectivity index (χ1v) is 11.9. The first kappa shape index (κ1) is 21.7. The third kappa shape index (κ3) is 5.02. The number of rotatable bonds is 7. The average Bonchev–Trinajstić information content (AvgIpc) is 3.12. The van der Waals surface area contributed by atoms with Gasteiger partial charge in [-0.05, 0) is 48.5 Å². The summed E-state index contributed by atoms with van der Waals surface area (Å²) in [6.07, 6.45) is 1.70. The fourth-order valence-corrected chi connectivity index (χ4v) is 4.14. The molecule has 162 valence electrons. The van der Waals surface area contributed by atoms with Gasteiger partial charge in [0.05, 0.1) is 27.0 Å². The molecule has 0 bridgehead atoms. The molecular weight excluding hydrogens is 448 g/mol. The van der Waals surface area contributed by atoms with Gasteiger partial charge in [-0.2, -0.15) is 5.11 Å². The minimum absolute atomic E-state index is 0.0306. The zero-order chi connectivity index (χ0) is 22.6. The number of benzene rings is 2. The zero-order valence-electron chi connectivity index (χ0n) is 16.6. The Morgan fingerprint density at radius 3 is 2.34 bits per heavy atom. The number of hydrogen-bond acceptors (Lipinski definition) is 7. The van der Waals surface area contributed by atoms with Crippen molar-refractivity contribution < 1.29 is 8.42 Å². The number of hydrogen-bond donors (Lipinski definition) is 2. The summed E-state index contributed by atoms with van der Waals surface area (Å²) in [7, 11) is -3.80. The Labute approximate surface area is 188 Å². The maximum Gasteiger partial charge on any atom is 0.299 e. The Hall–Kier alpha value is -3.54. The highest BCUT2D eigenvalue weighted by Crippen LogP contribution is 2.26. The number of nitrogens with two attached hydrogens (primary N) is 1. The number of nitrogens with one attached hydrogen (secondary N) is 1. The lowest BCUT2D eigenvalue weighted by Crippen LogP contribution is -2.13. The van der Waals surface area contributed by atoms with Gasteiger partial charge in [0.1, 0.15) is 0 Å². The van der Waals surface area contributed by atoms with E-state index in [2.05, 4.69) is 20.3 Å². The molecule has 0 aliphatic rings. The number of sulfonamides is 1. The lowest BCUT2D eigenvalue weighted by molar-refractivity contribution is 0.598. The molecule has 4 aromatic rings. The number of para-hydroxylation sites is 1. The Morgan fingerprint density at radius 2 is 1.69 bits per heavy atom. The molecule has 32 heavy (non-hydrogen) atoms. The second-order valence-corrected chi connectivity index (χ2v) is 9.17. The Morgan fingerprint density at radius 1 is 0.969 bits per heavy atom. The van der Waals surface area contributed by atoms with Crippen LogP contribution < -0.4 is 10.7 Å². The monoisotopic (exact) mass is 466 g/mol. The summed E-state index contributed by atoms with van der Waals surface area (Å²) >= 11 is 1.45. The quantitative estimate of drug-likeness (QED) is 0.314. The van der Waals surface area contributed by atoms with E-state index in [9.17, 15) is 13.2 Å². The van der Waals surface area contributed by atoms with Crippen LogP contribution in [-0.4, -0.2) is 23.2 Å². The smallest absolute Gasteiger partial charge is 0.292 e. The van der Waals surface area contributed by atoms with Gasteiger partial charge in [-0.1, -0.05) is 36.0 Å². The highest BCUT2D eigenvalue weighted by atomic mass is 32.2. The highest BCUT2D eigenvalue weighted by molar-refractivity contribution is 7.98. The van der Waals surface area contributed by atoms with Crippen molar-refractivity contribution >= 4 is 33.2 Å². The molecule has 0 aliphatic heterocycles. The van der Waals surface area contributed by atoms with Gasteiger partial charge < -0.3 is 0 Å². The lowest BCUT2D eigenvalue weighted by atomic mass is 10.3. The van der Waals surface area contributed by atoms with Gasteiger partial charge in [0.15, 0.2) is 5.69 Å². The Bertz CT molecular complexity index is 1400. The van der Waals surface area contributed by atoms with Crippen LogP contribution in [0.25, 0.3) is 5.69 Å². The predicted octanol–water partition coefficient (Wildman–Crippen LogP) is 3.92. The van der Waals surface area contributed by atoms with Crippen molar-refractivity contribution in [1.82, 2.24) is 14.8 Å². The molecule has 0 unspecified atom stereocenters. The van der Waals surface area contributed by atoms with Crippen LogP contribution in [0.5, 0.6) is 0 Å². The van der Waals surface area contributed by atoms with Crippen molar-refractivity contribution in [3.05, 3.63) is 95.0 Å². The summed E-state index contributed by atoms with van der Waals surface area (Å²) < 4.78 is 24.2. The van der Waals surface area contributed by atoms with Crippen LogP contribution in [0.4, 0.5) is 11.4 Å². The van der Waals surface area contributed by atoms with Crippen molar-refractivity contribution in [2.24, 2.45) is 15.4 Å². The molecule has 3 N–H and O–H groups in total. The lowest BCUT2D eigenvalue weighted by Gasteiger charge is -2.01. The van der Waals surface area contributed by atoms with Gasteiger partial charge in [0.2, 0.25) is 10.0 Å². The molecule has 0 saturated carbocycles. The predicted molar refractivity (Wildman–Crippen MR) is 122 cm³/mol. The van der Waals surface area contributed by atoms with Crippen LogP contribution in [0, 0.1) is 0 Å². The van der Waals surface area contributed by atoms with E-state index in [0.29, 0.717) is 22.8 Å². The van der Waals surface area contributed by atoms with Gasteiger partial charge in [0.25, 0.3) is 5.56 Å². The zero-order valence-corrected chi connectivity index (χ0v) is 18.3. The van der Waals surface area contributed by atoms with E-state index in [1.165, 1.54) is 40.7 Å². The van der Waals surface area contributed by atoms with E-state index >= 15 is 0 Å². The van der Waals surface area contributed by atoms with E-state index in [0.717, 1.165) is 5.03 Å². The number of primary sulfonamides is 1. The van der Waals surface area contributed by atoms with Crippen LogP contribution in [0.1, 0.15) is 5.69 Å². The third-order valence-corrected chi connectivity index (χ3v) is 6.29. The first-order valence-electron chi connectivity index (χ1n) is 9.39. The molecule has 9 nitrogen and oxygen atoms in total. The van der Waals surface area contributed by atoms with E-state index in [-0.39, 0.29) is 16.1 Å². The highest BCUT2D eigenvalue weighted by Gasteiger charge is 2.16. The fraction of sp³-hybridized carbons (Fsp3) is 0.0476. The molecule has 11 heteroatoms. The number of aromatic amines is 1. The molecular formula is C21H18N6O3S2. The van der Waals surface area contributed by atoms with Crippen molar-refractivity contribution in [3.8, 4) is 5.69 Å². The minimum atomic E-state index is -3.80. The molecule has 0 atom stereocenters. The number of nitrogens with zero attached hydrogens (tertiary/aromatic N) is 4. The summed E-state index contributed by atoms with van der Waals surface area (Å²) in [5, 5.41) is 17.3. The summed E-state index contributed by atoms with van der Waals surface area (Å²) in [5.41, 5.74) is 1.44. The maximum absolute atomic E-state index is 13.1. The van der Waals surface area contributed by atoms with E-state index in [1.54, 1.807) is 18.3 Å². The van der Waals surface area contributed by atoms with Crippen molar-refractivity contribution in [2.75, 3.05) is 0 Å².